The Hall–Kier alpha value is 2.13. The van der Waals surface area contributed by atoms with Gasteiger partial charge in [-0.15, -0.1) is 0 Å². The molecule has 0 aliphatic heterocycles. The number of ether oxygens (including phenoxy) is 2. The van der Waals surface area contributed by atoms with Crippen LogP contribution in [-0.4, -0.2) is 379 Å². The summed E-state index contributed by atoms with van der Waals surface area (Å²) in [5.74, 6) is -15.9. The Morgan fingerprint density at radius 2 is 0.540 bits per heavy atom. The molecular formula is C20H32K2Na4O24. The molecule has 0 rings (SSSR count). The Labute approximate surface area is 453 Å². The zero-order chi connectivity index (χ0) is 35.5. The molecule has 0 saturated heterocycles. The van der Waals surface area contributed by atoms with Crippen LogP contribution in [0.5, 0.6) is 0 Å². The number of rotatable bonds is 15. The fraction of sp³-hybridized carbons (Fsp3) is 0.500. The first-order valence-corrected chi connectivity index (χ1v) is 10.9. The van der Waals surface area contributed by atoms with E-state index >= 15 is 0 Å². The molecule has 262 valence electrons. The maximum absolute atomic E-state index is 11.3. The predicted octanol–water partition coefficient (Wildman–Crippen LogP) is -10.6. The SMILES string of the molecule is O=C(O)C(O)C(O)C(=O)O.O=C(O)C(O)C(O)C(=O)O.O=C(O)CCC(=O)OC(=O)C(O)C(O)C(=O)OC(=O)CCC(=O)O.[KH].[KH].[NaH].[NaH].[NaH].[NaH]. The summed E-state index contributed by atoms with van der Waals surface area (Å²) in [7, 11) is 0. The summed E-state index contributed by atoms with van der Waals surface area (Å²) < 4.78 is 7.99. The number of carbonyl (C=O) groups is 10. The summed E-state index contributed by atoms with van der Waals surface area (Å²) in [6.07, 6.45) is -16.9. The first-order valence-electron chi connectivity index (χ1n) is 10.9. The van der Waals surface area contributed by atoms with Crippen molar-refractivity contribution < 1.29 is 119 Å². The van der Waals surface area contributed by atoms with Crippen molar-refractivity contribution in [3.63, 3.8) is 0 Å². The molecule has 0 spiro atoms. The zero-order valence-electron chi connectivity index (χ0n) is 21.6. The molecule has 30 heteroatoms. The van der Waals surface area contributed by atoms with Crippen molar-refractivity contribution in [2.24, 2.45) is 0 Å². The molecule has 0 heterocycles. The van der Waals surface area contributed by atoms with Gasteiger partial charge in [-0.3, -0.25) is 19.2 Å². The molecule has 0 saturated carbocycles. The number of hydrogen-bond donors (Lipinski definition) is 12. The number of carboxylic acid groups (broad SMARTS) is 6. The number of esters is 4. The van der Waals surface area contributed by atoms with E-state index in [0.29, 0.717) is 0 Å². The fourth-order valence-corrected chi connectivity index (χ4v) is 1.66. The summed E-state index contributed by atoms with van der Waals surface area (Å²) in [6.45, 7) is 0. The number of aliphatic carboxylic acids is 6. The van der Waals surface area contributed by atoms with Gasteiger partial charge in [0.2, 0.25) is 0 Å². The van der Waals surface area contributed by atoms with Crippen molar-refractivity contribution in [1.29, 1.82) is 0 Å². The van der Waals surface area contributed by atoms with Crippen LogP contribution in [0.3, 0.4) is 0 Å². The van der Waals surface area contributed by atoms with Crippen molar-refractivity contribution in [2.75, 3.05) is 0 Å². The van der Waals surface area contributed by atoms with E-state index in [1.165, 1.54) is 0 Å². The Morgan fingerprint density at radius 3 is 0.680 bits per heavy atom. The van der Waals surface area contributed by atoms with Crippen LogP contribution < -0.4 is 0 Å². The van der Waals surface area contributed by atoms with Crippen molar-refractivity contribution >= 4 is 281 Å². The Bertz CT molecular complexity index is 990. The van der Waals surface area contributed by atoms with E-state index in [2.05, 4.69) is 9.47 Å². The molecule has 0 bridgehead atoms. The van der Waals surface area contributed by atoms with Crippen molar-refractivity contribution in [3.8, 4) is 0 Å². The first kappa shape index (κ1) is 73.3. The van der Waals surface area contributed by atoms with Crippen LogP contribution in [0, 0.1) is 0 Å². The molecule has 0 aliphatic carbocycles. The van der Waals surface area contributed by atoms with Crippen LogP contribution in [0.4, 0.5) is 0 Å². The summed E-state index contributed by atoms with van der Waals surface area (Å²) >= 11 is 0. The van der Waals surface area contributed by atoms with Gasteiger partial charge < -0.3 is 70.8 Å². The first-order chi connectivity index (χ1) is 20.0. The number of carbonyl (C=O) groups excluding carboxylic acids is 4. The molecule has 0 aromatic rings. The molecule has 0 aromatic carbocycles. The van der Waals surface area contributed by atoms with Gasteiger partial charge in [-0.2, -0.15) is 0 Å². The van der Waals surface area contributed by atoms with Crippen LogP contribution in [0.25, 0.3) is 0 Å². The van der Waals surface area contributed by atoms with Gasteiger partial charge >= 0.3 is 281 Å². The number of hydrogen-bond acceptors (Lipinski definition) is 18. The van der Waals surface area contributed by atoms with Gasteiger partial charge in [-0.05, 0) is 0 Å². The van der Waals surface area contributed by atoms with E-state index in [4.69, 9.17) is 51.1 Å². The van der Waals surface area contributed by atoms with Gasteiger partial charge in [0, 0.05) is 0 Å². The average molecular weight is 827 g/mol. The monoisotopic (exact) mass is 826 g/mol. The molecule has 0 radical (unpaired) electrons. The Kier molecular flexibility index (Phi) is 59.8. The predicted molar refractivity (Wildman–Crippen MR) is 165 cm³/mol. The van der Waals surface area contributed by atoms with E-state index in [9.17, 15) is 58.2 Å². The summed E-state index contributed by atoms with van der Waals surface area (Å²) in [5.41, 5.74) is 0. The molecule has 6 unspecified atom stereocenters. The van der Waals surface area contributed by atoms with E-state index in [1.54, 1.807) is 0 Å². The van der Waals surface area contributed by atoms with Crippen molar-refractivity contribution in [3.05, 3.63) is 0 Å². The standard InChI is InChI=1S/C12H14O12.2C4H6O6.2K.4Na.6H/c13-5(14)1-3-7(17)23-11(21)9(19)10(20)12(22)24-8(18)4-2-6(15)16;2*5-1(3(7)8)2(6)4(9)10;;;;;;;;;;;;/h9-10,19-20H,1-4H2,(H,13,14)(H,15,16);2*1-2,5-6H,(H,7,8)(H,9,10);;;;;;;;;;;;. The molecule has 50 heavy (non-hydrogen) atoms. The molecule has 12 N–H and O–H groups in total. The van der Waals surface area contributed by atoms with Gasteiger partial charge in [0.05, 0.1) is 25.7 Å². The van der Waals surface area contributed by atoms with Crippen LogP contribution in [0.15, 0.2) is 0 Å². The zero-order valence-corrected chi connectivity index (χ0v) is 21.6. The van der Waals surface area contributed by atoms with E-state index in [0.717, 1.165) is 0 Å². The summed E-state index contributed by atoms with van der Waals surface area (Å²) in [6, 6.07) is 0. The number of aliphatic hydroxyl groups is 6. The molecule has 0 fully saturated rings. The number of aliphatic hydroxyl groups excluding tert-OH is 6. The topological polar surface area (TPSA) is 432 Å². The van der Waals surface area contributed by atoms with E-state index < -0.39 is 122 Å². The van der Waals surface area contributed by atoms with Gasteiger partial charge in [-0.1, -0.05) is 0 Å². The molecular weight excluding hydrogens is 794 g/mol. The minimum absolute atomic E-state index is 0. The fourth-order valence-electron chi connectivity index (χ4n) is 1.66. The molecule has 0 aliphatic rings. The summed E-state index contributed by atoms with van der Waals surface area (Å²) in [4.78, 5) is 104. The van der Waals surface area contributed by atoms with Gasteiger partial charge in [0.15, 0.2) is 36.6 Å². The van der Waals surface area contributed by atoms with Crippen LogP contribution in [-0.2, 0) is 57.4 Å². The van der Waals surface area contributed by atoms with Crippen LogP contribution in [0.2, 0.25) is 0 Å². The molecule has 0 amide bonds. The van der Waals surface area contributed by atoms with Gasteiger partial charge in [0.25, 0.3) is 0 Å². The minimum atomic E-state index is -2.57. The van der Waals surface area contributed by atoms with E-state index in [1.807, 2.05) is 0 Å². The van der Waals surface area contributed by atoms with Gasteiger partial charge in [-0.25, -0.2) is 28.8 Å². The summed E-state index contributed by atoms with van der Waals surface area (Å²) in [5, 5.41) is 100. The maximum atomic E-state index is 11.3. The van der Waals surface area contributed by atoms with Crippen molar-refractivity contribution in [2.45, 2.75) is 62.3 Å². The van der Waals surface area contributed by atoms with Crippen molar-refractivity contribution in [1.82, 2.24) is 0 Å². The normalized spacial score (nSPS) is 12.4. The van der Waals surface area contributed by atoms with E-state index in [-0.39, 0.29) is 221 Å². The quantitative estimate of drug-likeness (QED) is 0.0414. The molecule has 24 nitrogen and oxygen atoms in total. The third-order valence-corrected chi connectivity index (χ3v) is 3.91. The molecule has 0 aromatic heterocycles. The second kappa shape index (κ2) is 40.8. The van der Waals surface area contributed by atoms with Gasteiger partial charge in [0.1, 0.15) is 0 Å². The Morgan fingerprint density at radius 1 is 0.360 bits per heavy atom. The third kappa shape index (κ3) is 38.4. The van der Waals surface area contributed by atoms with Crippen LogP contribution >= 0.6 is 0 Å². The van der Waals surface area contributed by atoms with Crippen LogP contribution in [0.1, 0.15) is 25.7 Å². The number of carboxylic acids is 6. The molecule has 6 atom stereocenters. The third-order valence-electron chi connectivity index (χ3n) is 3.91. The second-order valence-corrected chi connectivity index (χ2v) is 7.40. The average Bonchev–Trinajstić information content (AvgIpc) is 2.92. The Balaban J connectivity index is -0.0000000782. The second-order valence-electron chi connectivity index (χ2n) is 7.40.